The zero-order valence-corrected chi connectivity index (χ0v) is 19.3. The van der Waals surface area contributed by atoms with E-state index in [4.69, 9.17) is 0 Å². The van der Waals surface area contributed by atoms with E-state index in [0.717, 1.165) is 29.4 Å². The van der Waals surface area contributed by atoms with Gasteiger partial charge in [-0.05, 0) is 54.3 Å². The molecule has 3 heterocycles. The summed E-state index contributed by atoms with van der Waals surface area (Å²) in [7, 11) is -3.63. The van der Waals surface area contributed by atoms with Crippen LogP contribution >= 0.6 is 0 Å². The maximum atomic E-state index is 14.7. The van der Waals surface area contributed by atoms with E-state index in [1.165, 1.54) is 24.6 Å². The lowest BCUT2D eigenvalue weighted by Gasteiger charge is -2.17. The van der Waals surface area contributed by atoms with Crippen molar-refractivity contribution in [3.63, 3.8) is 0 Å². The molecule has 0 aliphatic heterocycles. The monoisotopic (exact) mass is 472 g/mol. The normalized spacial score (nSPS) is 15.1. The minimum absolute atomic E-state index is 0.151. The molecular weight excluding hydrogens is 451 g/mol. The standard InChI is InChI=1S/C26H21FN4O2S/c1-2-34(32,33)23-8-5-17(13-21(23)27)19-14-29-25-30-15-24(31(25)16-19)26(9-10-26)20-6-7-22-18(12-20)4-3-11-28-22/h3-8,11-16H,2,9-10H2,1H3. The molecule has 34 heavy (non-hydrogen) atoms. The molecule has 1 fully saturated rings. The topological polar surface area (TPSA) is 77.2 Å². The van der Waals surface area contributed by atoms with Crippen LogP contribution in [-0.4, -0.2) is 33.5 Å². The van der Waals surface area contributed by atoms with Gasteiger partial charge in [0.05, 0.1) is 23.2 Å². The number of aromatic nitrogens is 4. The van der Waals surface area contributed by atoms with Crippen molar-refractivity contribution in [2.75, 3.05) is 5.75 Å². The molecule has 3 aromatic heterocycles. The van der Waals surface area contributed by atoms with Crippen LogP contribution < -0.4 is 0 Å². The number of imidazole rings is 1. The van der Waals surface area contributed by atoms with Crippen molar-refractivity contribution in [1.82, 2.24) is 19.4 Å². The number of rotatable bonds is 5. The smallest absolute Gasteiger partial charge is 0.233 e. The van der Waals surface area contributed by atoms with Gasteiger partial charge in [0.1, 0.15) is 10.7 Å². The Labute approximate surface area is 196 Å². The molecule has 0 unspecified atom stereocenters. The third-order valence-electron chi connectivity index (χ3n) is 6.74. The Morgan fingerprint density at radius 3 is 2.59 bits per heavy atom. The van der Waals surface area contributed by atoms with Gasteiger partial charge in [-0.15, -0.1) is 0 Å². The van der Waals surface area contributed by atoms with Gasteiger partial charge in [-0.1, -0.05) is 25.1 Å². The Hall–Kier alpha value is -3.65. The number of sulfone groups is 1. The van der Waals surface area contributed by atoms with Gasteiger partial charge in [-0.3, -0.25) is 9.38 Å². The number of halogens is 1. The lowest BCUT2D eigenvalue weighted by molar-refractivity contribution is 0.568. The van der Waals surface area contributed by atoms with Crippen molar-refractivity contribution in [3.05, 3.63) is 90.4 Å². The SMILES string of the molecule is CCS(=O)(=O)c1ccc(-c2cnc3ncc(C4(c5ccc6ncccc6c5)CC4)n3c2)cc1F. The number of fused-ring (bicyclic) bond motifs is 2. The van der Waals surface area contributed by atoms with Crippen molar-refractivity contribution in [1.29, 1.82) is 0 Å². The average Bonchev–Trinajstić information content (AvgIpc) is 3.55. The first-order valence-corrected chi connectivity index (χ1v) is 12.8. The highest BCUT2D eigenvalue weighted by molar-refractivity contribution is 7.91. The van der Waals surface area contributed by atoms with E-state index < -0.39 is 15.7 Å². The van der Waals surface area contributed by atoms with Gasteiger partial charge >= 0.3 is 0 Å². The molecule has 6 rings (SSSR count). The third-order valence-corrected chi connectivity index (χ3v) is 8.50. The van der Waals surface area contributed by atoms with Crippen LogP contribution in [0.4, 0.5) is 4.39 Å². The molecule has 0 spiro atoms. The molecule has 0 amide bonds. The average molecular weight is 473 g/mol. The molecule has 0 N–H and O–H groups in total. The van der Waals surface area contributed by atoms with E-state index >= 15 is 0 Å². The maximum absolute atomic E-state index is 14.7. The van der Waals surface area contributed by atoms with Crippen molar-refractivity contribution < 1.29 is 12.8 Å². The Morgan fingerprint density at radius 1 is 1.00 bits per heavy atom. The number of benzene rings is 2. The summed E-state index contributed by atoms with van der Waals surface area (Å²) in [6.45, 7) is 1.50. The highest BCUT2D eigenvalue weighted by atomic mass is 32.2. The van der Waals surface area contributed by atoms with E-state index in [1.54, 1.807) is 18.5 Å². The van der Waals surface area contributed by atoms with Crippen molar-refractivity contribution in [3.8, 4) is 11.1 Å². The molecule has 0 atom stereocenters. The van der Waals surface area contributed by atoms with Crippen molar-refractivity contribution in [2.45, 2.75) is 30.1 Å². The Bertz CT molecular complexity index is 1690. The van der Waals surface area contributed by atoms with Gasteiger partial charge in [-0.2, -0.15) is 0 Å². The number of hydrogen-bond donors (Lipinski definition) is 0. The van der Waals surface area contributed by atoms with Crippen molar-refractivity contribution in [2.24, 2.45) is 0 Å². The summed E-state index contributed by atoms with van der Waals surface area (Å²) in [5, 5.41) is 1.09. The molecule has 6 nitrogen and oxygen atoms in total. The Balaban J connectivity index is 1.44. The van der Waals surface area contributed by atoms with Crippen LogP contribution in [0.2, 0.25) is 0 Å². The van der Waals surface area contributed by atoms with E-state index in [-0.39, 0.29) is 16.1 Å². The summed E-state index contributed by atoms with van der Waals surface area (Å²) in [6, 6.07) is 14.6. The summed E-state index contributed by atoms with van der Waals surface area (Å²) < 4.78 is 40.9. The first-order chi connectivity index (χ1) is 16.4. The van der Waals surface area contributed by atoms with E-state index in [9.17, 15) is 12.8 Å². The molecule has 0 radical (unpaired) electrons. The van der Waals surface area contributed by atoms with Crippen LogP contribution in [0.25, 0.3) is 27.8 Å². The first kappa shape index (κ1) is 20.9. The molecule has 5 aromatic rings. The van der Waals surface area contributed by atoms with Crippen LogP contribution in [0.3, 0.4) is 0 Å². The van der Waals surface area contributed by atoms with Gasteiger partial charge in [0, 0.05) is 35.0 Å². The van der Waals surface area contributed by atoms with Crippen LogP contribution in [0.5, 0.6) is 0 Å². The largest absolute Gasteiger partial charge is 0.287 e. The van der Waals surface area contributed by atoms with E-state index in [1.807, 2.05) is 28.9 Å². The number of pyridine rings is 1. The van der Waals surface area contributed by atoms with Gasteiger partial charge in [0.15, 0.2) is 9.84 Å². The summed E-state index contributed by atoms with van der Waals surface area (Å²) in [5.74, 6) is -0.339. The molecule has 0 bridgehead atoms. The summed E-state index contributed by atoms with van der Waals surface area (Å²) in [6.07, 6.45) is 9.18. The summed E-state index contributed by atoms with van der Waals surface area (Å²) in [4.78, 5) is 13.1. The van der Waals surface area contributed by atoms with Crippen LogP contribution in [0.1, 0.15) is 31.0 Å². The zero-order valence-electron chi connectivity index (χ0n) is 18.4. The second kappa shape index (κ2) is 7.43. The molecule has 1 aliphatic carbocycles. The molecule has 2 aromatic carbocycles. The molecular formula is C26H21FN4O2S. The highest BCUT2D eigenvalue weighted by Crippen LogP contribution is 2.53. The molecule has 0 saturated heterocycles. The lowest BCUT2D eigenvalue weighted by Crippen LogP contribution is -2.12. The van der Waals surface area contributed by atoms with Gasteiger partial charge in [-0.25, -0.2) is 22.8 Å². The van der Waals surface area contributed by atoms with Crippen LogP contribution in [0.15, 0.2) is 78.2 Å². The quantitative estimate of drug-likeness (QED) is 0.361. The molecule has 1 saturated carbocycles. The lowest BCUT2D eigenvalue weighted by atomic mass is 9.91. The Kier molecular flexibility index (Phi) is 4.57. The summed E-state index contributed by atoms with van der Waals surface area (Å²) >= 11 is 0. The second-order valence-electron chi connectivity index (χ2n) is 8.70. The van der Waals surface area contributed by atoms with Gasteiger partial charge in [0.25, 0.3) is 0 Å². The second-order valence-corrected chi connectivity index (χ2v) is 10.9. The first-order valence-electron chi connectivity index (χ1n) is 11.1. The minimum atomic E-state index is -3.63. The minimum Gasteiger partial charge on any atom is -0.287 e. The highest BCUT2D eigenvalue weighted by Gasteiger charge is 2.48. The molecule has 170 valence electrons. The fourth-order valence-corrected chi connectivity index (χ4v) is 5.60. The third kappa shape index (κ3) is 3.20. The Morgan fingerprint density at radius 2 is 1.82 bits per heavy atom. The van der Waals surface area contributed by atoms with Crippen molar-refractivity contribution >= 4 is 26.5 Å². The summed E-state index contributed by atoms with van der Waals surface area (Å²) in [5.41, 5.74) is 4.28. The fraction of sp³-hybridized carbons (Fsp3) is 0.192. The predicted octanol–water partition coefficient (Wildman–Crippen LogP) is 4.96. The number of nitrogens with zero attached hydrogens (tertiary/aromatic N) is 4. The van der Waals surface area contributed by atoms with E-state index in [0.29, 0.717) is 16.9 Å². The predicted molar refractivity (Wildman–Crippen MR) is 128 cm³/mol. The van der Waals surface area contributed by atoms with Gasteiger partial charge < -0.3 is 0 Å². The van der Waals surface area contributed by atoms with Gasteiger partial charge in [0.2, 0.25) is 5.78 Å². The van der Waals surface area contributed by atoms with Crippen LogP contribution in [-0.2, 0) is 15.3 Å². The maximum Gasteiger partial charge on any atom is 0.233 e. The van der Waals surface area contributed by atoms with E-state index in [2.05, 4.69) is 33.2 Å². The van der Waals surface area contributed by atoms with Crippen LogP contribution in [0, 0.1) is 5.82 Å². The zero-order chi connectivity index (χ0) is 23.5. The molecule has 1 aliphatic rings. The number of hydrogen-bond acceptors (Lipinski definition) is 5. The fourth-order valence-electron chi connectivity index (χ4n) is 4.66. The molecule has 8 heteroatoms.